The summed E-state index contributed by atoms with van der Waals surface area (Å²) >= 11 is 0. The standard InChI is InChI=1S/C15H17N5O/c1-20-10-12(9-17-20)14(16)15-18-13(19-21-15)8-7-11-5-3-2-4-6-11/h2-6,9-10,14H,7-8,16H2,1H3. The van der Waals surface area contributed by atoms with E-state index in [2.05, 4.69) is 27.4 Å². The molecule has 6 heteroatoms. The molecule has 0 aliphatic heterocycles. The van der Waals surface area contributed by atoms with Gasteiger partial charge in [-0.05, 0) is 12.0 Å². The van der Waals surface area contributed by atoms with Crippen LogP contribution >= 0.6 is 0 Å². The van der Waals surface area contributed by atoms with Crippen molar-refractivity contribution in [2.75, 3.05) is 0 Å². The Hall–Kier alpha value is -2.47. The van der Waals surface area contributed by atoms with E-state index in [-0.39, 0.29) is 0 Å². The zero-order valence-electron chi connectivity index (χ0n) is 11.8. The van der Waals surface area contributed by atoms with E-state index in [0.29, 0.717) is 11.7 Å². The van der Waals surface area contributed by atoms with Crippen LogP contribution in [-0.2, 0) is 19.9 Å². The van der Waals surface area contributed by atoms with E-state index >= 15 is 0 Å². The fourth-order valence-electron chi connectivity index (χ4n) is 2.14. The number of hydrogen-bond acceptors (Lipinski definition) is 5. The molecule has 3 rings (SSSR count). The van der Waals surface area contributed by atoms with E-state index in [1.54, 1.807) is 10.9 Å². The Kier molecular flexibility index (Phi) is 3.79. The van der Waals surface area contributed by atoms with Gasteiger partial charge in [0.15, 0.2) is 5.82 Å². The van der Waals surface area contributed by atoms with Gasteiger partial charge in [0.25, 0.3) is 0 Å². The van der Waals surface area contributed by atoms with Gasteiger partial charge in [-0.25, -0.2) is 0 Å². The molecular weight excluding hydrogens is 266 g/mol. The lowest BCUT2D eigenvalue weighted by atomic mass is 10.1. The Morgan fingerprint density at radius 1 is 1.24 bits per heavy atom. The van der Waals surface area contributed by atoms with Crippen LogP contribution in [0, 0.1) is 0 Å². The van der Waals surface area contributed by atoms with Crippen molar-refractivity contribution in [3.8, 4) is 0 Å². The number of nitrogens with zero attached hydrogens (tertiary/aromatic N) is 4. The summed E-state index contributed by atoms with van der Waals surface area (Å²) in [4.78, 5) is 4.37. The highest BCUT2D eigenvalue weighted by molar-refractivity contribution is 5.18. The Balaban J connectivity index is 1.66. The van der Waals surface area contributed by atoms with Gasteiger partial charge in [-0.2, -0.15) is 10.1 Å². The summed E-state index contributed by atoms with van der Waals surface area (Å²) in [6.45, 7) is 0. The topological polar surface area (TPSA) is 82.8 Å². The van der Waals surface area contributed by atoms with Crippen molar-refractivity contribution < 1.29 is 4.52 Å². The molecular formula is C15H17N5O. The fraction of sp³-hybridized carbons (Fsp3) is 0.267. The molecule has 0 saturated carbocycles. The van der Waals surface area contributed by atoms with E-state index < -0.39 is 6.04 Å². The van der Waals surface area contributed by atoms with E-state index in [1.807, 2.05) is 31.4 Å². The van der Waals surface area contributed by atoms with Gasteiger partial charge in [0, 0.05) is 25.2 Å². The van der Waals surface area contributed by atoms with Crippen LogP contribution in [0.4, 0.5) is 0 Å². The van der Waals surface area contributed by atoms with Crippen LogP contribution in [0.5, 0.6) is 0 Å². The Morgan fingerprint density at radius 2 is 2.05 bits per heavy atom. The van der Waals surface area contributed by atoms with E-state index in [9.17, 15) is 0 Å². The van der Waals surface area contributed by atoms with Gasteiger partial charge < -0.3 is 10.3 Å². The molecule has 1 atom stereocenters. The minimum absolute atomic E-state index is 0.422. The van der Waals surface area contributed by atoms with Gasteiger partial charge in [-0.15, -0.1) is 0 Å². The zero-order chi connectivity index (χ0) is 14.7. The van der Waals surface area contributed by atoms with Crippen LogP contribution in [-0.4, -0.2) is 19.9 Å². The minimum Gasteiger partial charge on any atom is -0.337 e. The van der Waals surface area contributed by atoms with Crippen molar-refractivity contribution in [2.24, 2.45) is 12.8 Å². The Labute approximate surface area is 122 Å². The smallest absolute Gasteiger partial charge is 0.248 e. The van der Waals surface area contributed by atoms with Crippen LogP contribution in [0.3, 0.4) is 0 Å². The van der Waals surface area contributed by atoms with Crippen molar-refractivity contribution in [3.05, 3.63) is 65.6 Å². The second kappa shape index (κ2) is 5.88. The first-order valence-corrected chi connectivity index (χ1v) is 6.83. The molecule has 0 aliphatic rings. The Morgan fingerprint density at radius 3 is 2.76 bits per heavy atom. The fourth-order valence-corrected chi connectivity index (χ4v) is 2.14. The molecule has 1 aromatic carbocycles. The molecule has 0 bridgehead atoms. The second-order valence-corrected chi connectivity index (χ2v) is 4.96. The molecule has 1 unspecified atom stereocenters. The average molecular weight is 283 g/mol. The number of nitrogens with two attached hydrogens (primary N) is 1. The Bertz CT molecular complexity index is 704. The predicted octanol–water partition coefficient (Wildman–Crippen LogP) is 1.64. The molecule has 0 saturated heterocycles. The molecule has 21 heavy (non-hydrogen) atoms. The summed E-state index contributed by atoms with van der Waals surface area (Å²) in [7, 11) is 1.84. The van der Waals surface area contributed by atoms with Gasteiger partial charge in [-0.3, -0.25) is 4.68 Å². The molecule has 0 aliphatic carbocycles. The maximum Gasteiger partial charge on any atom is 0.248 e. The molecule has 0 radical (unpaired) electrons. The third-order valence-electron chi connectivity index (χ3n) is 3.31. The van der Waals surface area contributed by atoms with E-state index in [0.717, 1.165) is 18.4 Å². The van der Waals surface area contributed by atoms with Crippen molar-refractivity contribution in [1.82, 2.24) is 19.9 Å². The summed E-state index contributed by atoms with van der Waals surface area (Å²) in [5.74, 6) is 1.10. The number of aromatic nitrogens is 4. The molecule has 2 heterocycles. The van der Waals surface area contributed by atoms with Crippen molar-refractivity contribution in [2.45, 2.75) is 18.9 Å². The molecule has 0 amide bonds. The maximum atomic E-state index is 6.10. The summed E-state index contributed by atoms with van der Waals surface area (Å²) < 4.78 is 6.95. The highest BCUT2D eigenvalue weighted by Gasteiger charge is 2.18. The molecule has 3 aromatic rings. The highest BCUT2D eigenvalue weighted by Crippen LogP contribution is 2.17. The first-order chi connectivity index (χ1) is 10.2. The van der Waals surface area contributed by atoms with E-state index in [1.165, 1.54) is 5.56 Å². The predicted molar refractivity (Wildman–Crippen MR) is 77.4 cm³/mol. The van der Waals surface area contributed by atoms with Crippen LogP contribution in [0.25, 0.3) is 0 Å². The maximum absolute atomic E-state index is 6.10. The zero-order valence-corrected chi connectivity index (χ0v) is 11.8. The largest absolute Gasteiger partial charge is 0.337 e. The first-order valence-electron chi connectivity index (χ1n) is 6.83. The average Bonchev–Trinajstić information content (AvgIpc) is 3.14. The van der Waals surface area contributed by atoms with Crippen molar-refractivity contribution in [1.29, 1.82) is 0 Å². The van der Waals surface area contributed by atoms with Gasteiger partial charge in [0.05, 0.1) is 6.20 Å². The van der Waals surface area contributed by atoms with Crippen LogP contribution < -0.4 is 5.73 Å². The lowest BCUT2D eigenvalue weighted by Crippen LogP contribution is -2.11. The molecule has 0 spiro atoms. The highest BCUT2D eigenvalue weighted by atomic mass is 16.5. The van der Waals surface area contributed by atoms with Crippen LogP contribution in [0.1, 0.15) is 28.9 Å². The van der Waals surface area contributed by atoms with Crippen molar-refractivity contribution >= 4 is 0 Å². The third-order valence-corrected chi connectivity index (χ3v) is 3.31. The summed E-state index contributed by atoms with van der Waals surface area (Å²) in [6, 6.07) is 9.79. The molecule has 2 N–H and O–H groups in total. The van der Waals surface area contributed by atoms with Crippen LogP contribution in [0.15, 0.2) is 47.2 Å². The van der Waals surface area contributed by atoms with Gasteiger partial charge in [-0.1, -0.05) is 35.5 Å². The normalized spacial score (nSPS) is 12.5. The summed E-state index contributed by atoms with van der Waals surface area (Å²) in [5.41, 5.74) is 8.21. The van der Waals surface area contributed by atoms with Gasteiger partial charge in [0.2, 0.25) is 5.89 Å². The quantitative estimate of drug-likeness (QED) is 0.769. The number of hydrogen-bond donors (Lipinski definition) is 1. The molecule has 108 valence electrons. The first kappa shape index (κ1) is 13.5. The summed E-state index contributed by atoms with van der Waals surface area (Å²) in [6.07, 6.45) is 5.16. The SMILES string of the molecule is Cn1cc(C(N)c2nc(CCc3ccccc3)no2)cn1. The van der Waals surface area contributed by atoms with Gasteiger partial charge in [0.1, 0.15) is 6.04 Å². The monoisotopic (exact) mass is 283 g/mol. The van der Waals surface area contributed by atoms with Crippen molar-refractivity contribution in [3.63, 3.8) is 0 Å². The minimum atomic E-state index is -0.434. The third kappa shape index (κ3) is 3.17. The van der Waals surface area contributed by atoms with Crippen LogP contribution in [0.2, 0.25) is 0 Å². The molecule has 2 aromatic heterocycles. The lowest BCUT2D eigenvalue weighted by Gasteiger charge is -2.01. The number of rotatable bonds is 5. The number of aryl methyl sites for hydroxylation is 3. The lowest BCUT2D eigenvalue weighted by molar-refractivity contribution is 0.362. The molecule has 0 fully saturated rings. The second-order valence-electron chi connectivity index (χ2n) is 4.96. The molecule has 6 nitrogen and oxygen atoms in total. The summed E-state index contributed by atoms with van der Waals surface area (Å²) in [5, 5.41) is 8.08. The van der Waals surface area contributed by atoms with Gasteiger partial charge >= 0.3 is 0 Å². The van der Waals surface area contributed by atoms with E-state index in [4.69, 9.17) is 10.3 Å². The number of benzene rings is 1.